The Morgan fingerprint density at radius 1 is 1.39 bits per heavy atom. The maximum atomic E-state index is 11.9. The van der Waals surface area contributed by atoms with Gasteiger partial charge in [-0.15, -0.1) is 0 Å². The fourth-order valence-electron chi connectivity index (χ4n) is 1.30. The Bertz CT molecular complexity index is 541. The van der Waals surface area contributed by atoms with E-state index < -0.39 is 5.51 Å². The lowest BCUT2D eigenvalue weighted by Crippen LogP contribution is -2.09. The van der Waals surface area contributed by atoms with E-state index in [1.165, 1.54) is 11.3 Å². The molecule has 0 unspecified atom stereocenters. The first kappa shape index (κ1) is 14.0. The Morgan fingerprint density at radius 3 is 2.89 bits per heavy atom. The van der Waals surface area contributed by atoms with E-state index in [-0.39, 0.29) is 24.1 Å². The molecule has 0 fully saturated rings. The number of aromatic nitrogens is 1. The minimum Gasteiger partial charge on any atom is -0.361 e. The number of benzene rings is 1. The molecule has 0 saturated heterocycles. The highest BCUT2D eigenvalue weighted by Gasteiger charge is 2.27. The van der Waals surface area contributed by atoms with Crippen molar-refractivity contribution >= 4 is 54.4 Å². The molecule has 0 radical (unpaired) electrons. The molecule has 0 spiro atoms. The first-order chi connectivity index (χ1) is 8.44. The van der Waals surface area contributed by atoms with Gasteiger partial charge in [-0.3, -0.25) is 0 Å². The Balaban J connectivity index is 1.92. The maximum Gasteiger partial charge on any atom is 0.441 e. The Morgan fingerprint density at radius 2 is 2.17 bits per heavy atom. The van der Waals surface area contributed by atoms with E-state index in [1.807, 2.05) is 18.2 Å². The van der Waals surface area contributed by atoms with E-state index in [4.69, 9.17) is 0 Å². The molecule has 1 aromatic carbocycles. The maximum absolute atomic E-state index is 11.9. The molecule has 0 aliphatic carbocycles. The summed E-state index contributed by atoms with van der Waals surface area (Å²) in [7, 11) is 0. The monoisotopic (exact) mass is 356 g/mol. The predicted molar refractivity (Wildman–Crippen MR) is 74.3 cm³/mol. The largest absolute Gasteiger partial charge is 0.441 e. The zero-order valence-corrected chi connectivity index (χ0v) is 12.1. The van der Waals surface area contributed by atoms with Crippen LogP contribution in [-0.4, -0.2) is 22.8 Å². The molecule has 1 aromatic heterocycles. The highest BCUT2D eigenvalue weighted by molar-refractivity contribution is 9.10. The first-order valence-corrected chi connectivity index (χ1v) is 7.54. The topological polar surface area (TPSA) is 24.9 Å². The number of hydrogen-bond acceptors (Lipinski definition) is 4. The molecule has 0 amide bonds. The van der Waals surface area contributed by atoms with Gasteiger partial charge in [-0.25, -0.2) is 4.98 Å². The van der Waals surface area contributed by atoms with Crippen molar-refractivity contribution in [3.8, 4) is 0 Å². The van der Waals surface area contributed by atoms with Crippen molar-refractivity contribution in [2.45, 2.75) is 5.51 Å². The zero-order chi connectivity index (χ0) is 13.2. The smallest absolute Gasteiger partial charge is 0.361 e. The second-order valence-corrected chi connectivity index (χ2v) is 6.46. The summed E-state index contributed by atoms with van der Waals surface area (Å²) in [6, 6.07) is 5.68. The van der Waals surface area contributed by atoms with Crippen LogP contribution in [0.1, 0.15) is 0 Å². The highest BCUT2D eigenvalue weighted by Crippen LogP contribution is 2.31. The van der Waals surface area contributed by atoms with Gasteiger partial charge in [-0.1, -0.05) is 27.3 Å². The van der Waals surface area contributed by atoms with E-state index >= 15 is 0 Å². The molecule has 0 bridgehead atoms. The minimum atomic E-state index is -4.17. The Labute approximate surface area is 118 Å². The number of nitrogens with zero attached hydrogens (tertiary/aromatic N) is 1. The summed E-state index contributed by atoms with van der Waals surface area (Å²) in [4.78, 5) is 4.28. The summed E-state index contributed by atoms with van der Waals surface area (Å²) < 4.78 is 37.7. The number of rotatable bonds is 4. The number of alkyl halides is 3. The molecule has 0 atom stereocenters. The number of hydrogen-bond donors (Lipinski definition) is 1. The third-order valence-corrected chi connectivity index (χ3v) is 4.20. The van der Waals surface area contributed by atoms with Crippen molar-refractivity contribution in [3.05, 3.63) is 22.7 Å². The molecule has 1 N–H and O–H groups in total. The summed E-state index contributed by atoms with van der Waals surface area (Å²) in [5, 5.41) is 3.54. The van der Waals surface area contributed by atoms with Crippen LogP contribution >= 0.6 is 39.0 Å². The van der Waals surface area contributed by atoms with E-state index in [1.54, 1.807) is 0 Å². The second kappa shape index (κ2) is 5.66. The molecular weight excluding hydrogens is 349 g/mol. The van der Waals surface area contributed by atoms with Gasteiger partial charge in [-0.05, 0) is 30.0 Å². The van der Waals surface area contributed by atoms with Gasteiger partial charge in [0.15, 0.2) is 5.13 Å². The normalized spacial score (nSPS) is 12.0. The van der Waals surface area contributed by atoms with Crippen LogP contribution in [0.25, 0.3) is 10.2 Å². The van der Waals surface area contributed by atoms with Crippen LogP contribution in [0.2, 0.25) is 0 Å². The van der Waals surface area contributed by atoms with Crippen LogP contribution in [0.5, 0.6) is 0 Å². The molecule has 18 heavy (non-hydrogen) atoms. The fraction of sp³-hybridized carbons (Fsp3) is 0.300. The number of halogens is 4. The lowest BCUT2D eigenvalue weighted by Gasteiger charge is -2.05. The van der Waals surface area contributed by atoms with Gasteiger partial charge in [0.2, 0.25) is 0 Å². The summed E-state index contributed by atoms with van der Waals surface area (Å²) >= 11 is 4.75. The third-order valence-electron chi connectivity index (χ3n) is 1.99. The van der Waals surface area contributed by atoms with Crippen LogP contribution < -0.4 is 5.32 Å². The van der Waals surface area contributed by atoms with Crippen molar-refractivity contribution in [2.24, 2.45) is 0 Å². The van der Waals surface area contributed by atoms with E-state index in [2.05, 4.69) is 26.2 Å². The Hall–Kier alpha value is -0.470. The van der Waals surface area contributed by atoms with Crippen LogP contribution in [0.4, 0.5) is 18.3 Å². The average molecular weight is 357 g/mol. The van der Waals surface area contributed by atoms with Crippen molar-refractivity contribution in [1.29, 1.82) is 0 Å². The molecule has 2 aromatic rings. The van der Waals surface area contributed by atoms with Crippen LogP contribution in [0.3, 0.4) is 0 Å². The molecular formula is C10H8BrF3N2S2. The number of thiazole rings is 1. The lowest BCUT2D eigenvalue weighted by molar-refractivity contribution is -0.0327. The molecule has 2 nitrogen and oxygen atoms in total. The molecule has 2 rings (SSSR count). The summed E-state index contributed by atoms with van der Waals surface area (Å²) in [6.07, 6.45) is 0. The second-order valence-electron chi connectivity index (χ2n) is 3.35. The predicted octanol–water partition coefficient (Wildman–Crippen LogP) is 4.72. The molecule has 0 aliphatic heterocycles. The molecule has 8 heteroatoms. The van der Waals surface area contributed by atoms with Gasteiger partial charge in [0, 0.05) is 16.8 Å². The van der Waals surface area contributed by atoms with E-state index in [0.717, 1.165) is 14.7 Å². The SMILES string of the molecule is FC(F)(F)SCCNc1nc2ccc(Br)cc2s1. The molecule has 0 saturated carbocycles. The quantitative estimate of drug-likeness (QED) is 0.802. The van der Waals surface area contributed by atoms with E-state index in [9.17, 15) is 13.2 Å². The third kappa shape index (κ3) is 4.03. The number of thioether (sulfide) groups is 1. The first-order valence-electron chi connectivity index (χ1n) is 4.95. The van der Waals surface area contributed by atoms with Gasteiger partial charge in [0.25, 0.3) is 0 Å². The standard InChI is InChI=1S/C10H8BrF3N2S2/c11-6-1-2-7-8(5-6)18-9(16-7)15-3-4-17-10(12,13)14/h1-2,5H,3-4H2,(H,15,16). The zero-order valence-electron chi connectivity index (χ0n) is 8.92. The number of fused-ring (bicyclic) bond motifs is 1. The van der Waals surface area contributed by atoms with Gasteiger partial charge in [0.1, 0.15) is 0 Å². The Kier molecular flexibility index (Phi) is 4.39. The number of nitrogens with one attached hydrogen (secondary N) is 1. The lowest BCUT2D eigenvalue weighted by atomic mass is 10.3. The van der Waals surface area contributed by atoms with Crippen LogP contribution in [0, 0.1) is 0 Å². The highest BCUT2D eigenvalue weighted by atomic mass is 79.9. The van der Waals surface area contributed by atoms with Gasteiger partial charge in [-0.2, -0.15) is 13.2 Å². The average Bonchev–Trinajstić information content (AvgIpc) is 2.65. The van der Waals surface area contributed by atoms with Crippen LogP contribution in [0.15, 0.2) is 22.7 Å². The minimum absolute atomic E-state index is 0.0247. The summed E-state index contributed by atoms with van der Waals surface area (Å²) in [5.41, 5.74) is -3.32. The van der Waals surface area contributed by atoms with Crippen molar-refractivity contribution in [2.75, 3.05) is 17.6 Å². The van der Waals surface area contributed by atoms with Crippen LogP contribution in [-0.2, 0) is 0 Å². The van der Waals surface area contributed by atoms with Gasteiger partial charge in [0.05, 0.1) is 10.2 Å². The van der Waals surface area contributed by atoms with Crippen molar-refractivity contribution < 1.29 is 13.2 Å². The van der Waals surface area contributed by atoms with Crippen molar-refractivity contribution in [3.63, 3.8) is 0 Å². The number of anilines is 1. The van der Waals surface area contributed by atoms with Gasteiger partial charge < -0.3 is 5.32 Å². The van der Waals surface area contributed by atoms with E-state index in [0.29, 0.717) is 5.13 Å². The van der Waals surface area contributed by atoms with Crippen molar-refractivity contribution in [1.82, 2.24) is 4.98 Å². The van der Waals surface area contributed by atoms with Gasteiger partial charge >= 0.3 is 5.51 Å². The molecule has 0 aliphatic rings. The molecule has 98 valence electrons. The summed E-state index contributed by atoms with van der Waals surface area (Å²) in [6.45, 7) is 0.241. The summed E-state index contributed by atoms with van der Waals surface area (Å²) in [5.74, 6) is -0.0247. The molecule has 1 heterocycles. The fourth-order valence-corrected chi connectivity index (χ4v) is 3.18.